The fraction of sp³-hybridized carbons (Fsp3) is 0.143. The molecule has 4 nitrogen and oxygen atoms in total. The Balaban J connectivity index is 2.15. The van der Waals surface area contributed by atoms with Crippen molar-refractivity contribution in [2.24, 2.45) is 0 Å². The number of nitrogens with zero attached hydrogens (tertiary/aromatic N) is 1. The van der Waals surface area contributed by atoms with Crippen LogP contribution >= 0.6 is 15.9 Å². The molecule has 2 aromatic rings. The molecule has 0 bridgehead atoms. The van der Waals surface area contributed by atoms with Gasteiger partial charge in [-0.15, -0.1) is 0 Å². The molecule has 1 unspecified atom stereocenters. The topological polar surface area (TPSA) is 62.2 Å². The second-order valence-corrected chi connectivity index (χ2v) is 5.03. The molecule has 5 heteroatoms. The lowest BCUT2D eigenvalue weighted by atomic mass is 10.1. The van der Waals surface area contributed by atoms with Crippen LogP contribution in [0, 0.1) is 0 Å². The van der Waals surface area contributed by atoms with E-state index in [4.69, 9.17) is 0 Å². The van der Waals surface area contributed by atoms with Gasteiger partial charge in [-0.3, -0.25) is 9.78 Å². The van der Waals surface area contributed by atoms with E-state index in [1.165, 1.54) is 6.07 Å². The largest absolute Gasteiger partial charge is 0.507 e. The molecule has 1 aromatic heterocycles. The average Bonchev–Trinajstić information content (AvgIpc) is 2.42. The number of carbonyl (C=O) groups is 1. The molecule has 19 heavy (non-hydrogen) atoms. The molecule has 0 spiro atoms. The second-order valence-electron chi connectivity index (χ2n) is 4.11. The molecule has 0 radical (unpaired) electrons. The summed E-state index contributed by atoms with van der Waals surface area (Å²) in [5.74, 6) is -0.383. The molecule has 0 fully saturated rings. The van der Waals surface area contributed by atoms with Crippen molar-refractivity contribution < 1.29 is 9.90 Å². The molecule has 2 rings (SSSR count). The van der Waals surface area contributed by atoms with E-state index in [0.29, 0.717) is 0 Å². The summed E-state index contributed by atoms with van der Waals surface area (Å²) in [5.41, 5.74) is 1.00. The molecule has 1 amide bonds. The van der Waals surface area contributed by atoms with Crippen LogP contribution in [0.5, 0.6) is 5.75 Å². The molecule has 0 aliphatic rings. The van der Waals surface area contributed by atoms with Crippen LogP contribution in [-0.4, -0.2) is 16.0 Å². The first-order chi connectivity index (χ1) is 9.08. The number of aromatic nitrogens is 1. The maximum Gasteiger partial charge on any atom is 0.255 e. The van der Waals surface area contributed by atoms with Gasteiger partial charge in [-0.2, -0.15) is 0 Å². The van der Waals surface area contributed by atoms with Crippen LogP contribution in [0.3, 0.4) is 0 Å². The van der Waals surface area contributed by atoms with Crippen LogP contribution in [0.15, 0.2) is 47.1 Å². The summed E-state index contributed by atoms with van der Waals surface area (Å²) in [4.78, 5) is 16.3. The summed E-state index contributed by atoms with van der Waals surface area (Å²) < 4.78 is 0.737. The molecular weight excluding hydrogens is 308 g/mol. The number of phenolic OH excluding ortho intramolecular Hbond substituents is 1. The third kappa shape index (κ3) is 3.32. The van der Waals surface area contributed by atoms with Gasteiger partial charge in [0.25, 0.3) is 5.91 Å². The number of hydrogen-bond acceptors (Lipinski definition) is 3. The lowest BCUT2D eigenvalue weighted by Gasteiger charge is -2.14. The SMILES string of the molecule is CC(NC(=O)c1cc(Br)ccc1O)c1ccccn1. The Hall–Kier alpha value is -1.88. The molecule has 0 saturated heterocycles. The summed E-state index contributed by atoms with van der Waals surface area (Å²) in [6.07, 6.45) is 1.68. The Morgan fingerprint density at radius 1 is 1.37 bits per heavy atom. The number of amides is 1. The fourth-order valence-electron chi connectivity index (χ4n) is 1.67. The number of rotatable bonds is 3. The van der Waals surface area contributed by atoms with Gasteiger partial charge in [0.1, 0.15) is 5.75 Å². The summed E-state index contributed by atoms with van der Waals surface area (Å²) in [5, 5.41) is 12.5. The zero-order chi connectivity index (χ0) is 13.8. The second kappa shape index (κ2) is 5.84. The van der Waals surface area contributed by atoms with Gasteiger partial charge in [0, 0.05) is 10.7 Å². The molecule has 98 valence electrons. The first kappa shape index (κ1) is 13.5. The fourth-order valence-corrected chi connectivity index (χ4v) is 2.03. The molecule has 1 aromatic carbocycles. The predicted molar refractivity (Wildman–Crippen MR) is 75.9 cm³/mol. The number of aromatic hydroxyl groups is 1. The van der Waals surface area contributed by atoms with E-state index >= 15 is 0 Å². The van der Waals surface area contributed by atoms with Gasteiger partial charge in [0.05, 0.1) is 17.3 Å². The lowest BCUT2D eigenvalue weighted by molar-refractivity contribution is 0.0936. The van der Waals surface area contributed by atoms with Crippen molar-refractivity contribution in [2.75, 3.05) is 0 Å². The minimum atomic E-state index is -0.336. The van der Waals surface area contributed by atoms with Crippen molar-refractivity contribution in [3.63, 3.8) is 0 Å². The highest BCUT2D eigenvalue weighted by Crippen LogP contribution is 2.22. The molecular formula is C14H13BrN2O2. The molecule has 0 aliphatic carbocycles. The Kier molecular flexibility index (Phi) is 4.16. The maximum atomic E-state index is 12.1. The first-order valence-electron chi connectivity index (χ1n) is 5.78. The normalized spacial score (nSPS) is 11.9. The number of carbonyl (C=O) groups excluding carboxylic acids is 1. The van der Waals surface area contributed by atoms with Gasteiger partial charge in [-0.1, -0.05) is 22.0 Å². The smallest absolute Gasteiger partial charge is 0.255 e. The Bertz CT molecular complexity index is 587. The van der Waals surface area contributed by atoms with E-state index in [2.05, 4.69) is 26.2 Å². The van der Waals surface area contributed by atoms with Crippen molar-refractivity contribution in [1.29, 1.82) is 0 Å². The van der Waals surface area contributed by atoms with E-state index in [0.717, 1.165) is 10.2 Å². The highest BCUT2D eigenvalue weighted by atomic mass is 79.9. The van der Waals surface area contributed by atoms with Crippen molar-refractivity contribution in [3.05, 3.63) is 58.3 Å². The van der Waals surface area contributed by atoms with Gasteiger partial charge >= 0.3 is 0 Å². The van der Waals surface area contributed by atoms with Crippen LogP contribution in [0.25, 0.3) is 0 Å². The van der Waals surface area contributed by atoms with Crippen molar-refractivity contribution in [2.45, 2.75) is 13.0 Å². The van der Waals surface area contributed by atoms with E-state index in [1.54, 1.807) is 18.3 Å². The van der Waals surface area contributed by atoms with Crippen molar-refractivity contribution in [1.82, 2.24) is 10.3 Å². The van der Waals surface area contributed by atoms with Crippen LogP contribution in [0.1, 0.15) is 29.0 Å². The van der Waals surface area contributed by atoms with Crippen LogP contribution in [-0.2, 0) is 0 Å². The maximum absolute atomic E-state index is 12.1. The third-order valence-corrected chi connectivity index (χ3v) is 3.18. The van der Waals surface area contributed by atoms with Gasteiger partial charge in [0.15, 0.2) is 0 Å². The van der Waals surface area contributed by atoms with E-state index in [-0.39, 0.29) is 23.3 Å². The first-order valence-corrected chi connectivity index (χ1v) is 6.57. The van der Waals surface area contributed by atoms with Crippen LogP contribution in [0.4, 0.5) is 0 Å². The van der Waals surface area contributed by atoms with E-state index in [1.807, 2.05) is 25.1 Å². The summed E-state index contributed by atoms with van der Waals surface area (Å²) in [7, 11) is 0. The highest BCUT2D eigenvalue weighted by Gasteiger charge is 2.15. The standard InChI is InChI=1S/C14H13BrN2O2/c1-9(12-4-2-3-7-16-12)17-14(19)11-8-10(15)5-6-13(11)18/h2-9,18H,1H3,(H,17,19). The van der Waals surface area contributed by atoms with Crippen molar-refractivity contribution >= 4 is 21.8 Å². The minimum absolute atomic E-state index is 0.0473. The number of hydrogen-bond donors (Lipinski definition) is 2. The van der Waals surface area contributed by atoms with Gasteiger partial charge in [0.2, 0.25) is 0 Å². The number of halogens is 1. The van der Waals surface area contributed by atoms with Crippen molar-refractivity contribution in [3.8, 4) is 5.75 Å². The van der Waals surface area contributed by atoms with Gasteiger partial charge < -0.3 is 10.4 Å². The quantitative estimate of drug-likeness (QED) is 0.913. The average molecular weight is 321 g/mol. The Labute approximate surface area is 119 Å². The monoisotopic (exact) mass is 320 g/mol. The predicted octanol–water partition coefficient (Wildman–Crippen LogP) is 3.04. The molecule has 0 saturated carbocycles. The molecule has 0 aliphatic heterocycles. The zero-order valence-corrected chi connectivity index (χ0v) is 11.9. The highest BCUT2D eigenvalue weighted by molar-refractivity contribution is 9.10. The van der Waals surface area contributed by atoms with Gasteiger partial charge in [-0.05, 0) is 37.3 Å². The third-order valence-electron chi connectivity index (χ3n) is 2.68. The summed E-state index contributed by atoms with van der Waals surface area (Å²) in [6.45, 7) is 1.84. The number of phenols is 1. The number of pyridine rings is 1. The molecule has 1 atom stereocenters. The summed E-state index contributed by atoms with van der Waals surface area (Å²) in [6, 6.07) is 10.0. The minimum Gasteiger partial charge on any atom is -0.507 e. The Morgan fingerprint density at radius 3 is 2.84 bits per heavy atom. The zero-order valence-electron chi connectivity index (χ0n) is 10.3. The number of benzene rings is 1. The van der Waals surface area contributed by atoms with E-state index < -0.39 is 0 Å². The van der Waals surface area contributed by atoms with E-state index in [9.17, 15) is 9.90 Å². The molecule has 2 N–H and O–H groups in total. The molecule has 1 heterocycles. The summed E-state index contributed by atoms with van der Waals surface area (Å²) >= 11 is 3.27. The lowest BCUT2D eigenvalue weighted by Crippen LogP contribution is -2.27. The Morgan fingerprint density at radius 2 is 2.16 bits per heavy atom. The van der Waals surface area contributed by atoms with Crippen LogP contribution < -0.4 is 5.32 Å². The number of nitrogens with one attached hydrogen (secondary N) is 1. The van der Waals surface area contributed by atoms with Crippen LogP contribution in [0.2, 0.25) is 0 Å². The van der Waals surface area contributed by atoms with Gasteiger partial charge in [-0.25, -0.2) is 0 Å².